The quantitative estimate of drug-likeness (QED) is 0.786. The van der Waals surface area contributed by atoms with Crippen LogP contribution < -0.4 is 4.74 Å². The van der Waals surface area contributed by atoms with Gasteiger partial charge in [0.1, 0.15) is 17.0 Å². The van der Waals surface area contributed by atoms with E-state index >= 15 is 0 Å². The molecule has 3 nitrogen and oxygen atoms in total. The van der Waals surface area contributed by atoms with Crippen LogP contribution in [0.3, 0.4) is 0 Å². The molecule has 1 aliphatic heterocycles. The smallest absolute Gasteiger partial charge is 0.137 e. The average Bonchev–Trinajstić information content (AvgIpc) is 2.74. The molecule has 1 aliphatic rings. The van der Waals surface area contributed by atoms with E-state index in [4.69, 9.17) is 4.74 Å². The summed E-state index contributed by atoms with van der Waals surface area (Å²) in [6, 6.07) is 3.83. The number of halogens is 1. The fraction of sp³-hybridized carbons (Fsp3) is 0.545. The summed E-state index contributed by atoms with van der Waals surface area (Å²) in [6.07, 6.45) is 4.41. The normalized spacial score (nSPS) is 16.9. The minimum absolute atomic E-state index is 0.753. The molecule has 0 atom stereocenters. The first-order valence-corrected chi connectivity index (χ1v) is 6.10. The minimum Gasteiger partial charge on any atom is -0.491 e. The Labute approximate surface area is 98.6 Å². The highest BCUT2D eigenvalue weighted by Gasteiger charge is 2.10. The molecule has 82 valence electrons. The monoisotopic (exact) mass is 270 g/mol. The summed E-state index contributed by atoms with van der Waals surface area (Å²) in [4.78, 5) is 6.54. The van der Waals surface area contributed by atoms with E-state index in [-0.39, 0.29) is 0 Å². The van der Waals surface area contributed by atoms with Gasteiger partial charge in [-0.2, -0.15) is 0 Å². The van der Waals surface area contributed by atoms with E-state index in [1.807, 2.05) is 12.1 Å². The van der Waals surface area contributed by atoms with Crippen LogP contribution >= 0.6 is 15.9 Å². The number of hydrogen-bond acceptors (Lipinski definition) is 3. The molecule has 0 N–H and O–H groups in total. The Morgan fingerprint density at radius 1 is 1.33 bits per heavy atom. The van der Waals surface area contributed by atoms with E-state index in [0.29, 0.717) is 0 Å². The van der Waals surface area contributed by atoms with Crippen LogP contribution in [0.5, 0.6) is 5.75 Å². The molecule has 0 unspecified atom stereocenters. The van der Waals surface area contributed by atoms with Gasteiger partial charge in [-0.15, -0.1) is 0 Å². The number of nitrogens with zero attached hydrogens (tertiary/aromatic N) is 2. The van der Waals surface area contributed by atoms with Crippen molar-refractivity contribution in [3.63, 3.8) is 0 Å². The van der Waals surface area contributed by atoms with Gasteiger partial charge in [0.15, 0.2) is 0 Å². The topological polar surface area (TPSA) is 25.4 Å². The maximum absolute atomic E-state index is 5.60. The second-order valence-electron chi connectivity index (χ2n) is 3.71. The van der Waals surface area contributed by atoms with Gasteiger partial charge in [-0.1, -0.05) is 0 Å². The van der Waals surface area contributed by atoms with Crippen LogP contribution in [0.2, 0.25) is 0 Å². The molecule has 2 rings (SSSR count). The lowest BCUT2D eigenvalue weighted by molar-refractivity contribution is 0.237. The summed E-state index contributed by atoms with van der Waals surface area (Å²) in [5.74, 6) is 0.845. The van der Waals surface area contributed by atoms with Crippen molar-refractivity contribution < 1.29 is 4.74 Å². The van der Waals surface area contributed by atoms with Crippen LogP contribution in [-0.2, 0) is 0 Å². The third-order valence-electron chi connectivity index (χ3n) is 2.58. The van der Waals surface area contributed by atoms with Crippen LogP contribution in [0.1, 0.15) is 12.8 Å². The minimum atomic E-state index is 0.753. The number of pyridine rings is 1. The second-order valence-corrected chi connectivity index (χ2v) is 4.53. The molecular weight excluding hydrogens is 256 g/mol. The van der Waals surface area contributed by atoms with Crippen molar-refractivity contribution >= 4 is 15.9 Å². The first kappa shape index (κ1) is 10.9. The molecule has 2 heterocycles. The number of rotatable bonds is 4. The zero-order valence-corrected chi connectivity index (χ0v) is 10.2. The third kappa shape index (κ3) is 3.47. The third-order valence-corrected chi connectivity index (χ3v) is 3.04. The van der Waals surface area contributed by atoms with Crippen LogP contribution in [0.25, 0.3) is 0 Å². The molecule has 4 heteroatoms. The largest absolute Gasteiger partial charge is 0.491 e. The SMILES string of the molecule is Brc1ccc(OCCN2CCCC2)cn1. The fourth-order valence-corrected chi connectivity index (χ4v) is 1.98. The van der Waals surface area contributed by atoms with E-state index in [1.54, 1.807) is 6.20 Å². The predicted octanol–water partition coefficient (Wildman–Crippen LogP) is 2.32. The molecule has 1 saturated heterocycles. The Morgan fingerprint density at radius 2 is 2.13 bits per heavy atom. The van der Waals surface area contributed by atoms with Crippen LogP contribution in [0.4, 0.5) is 0 Å². The summed E-state index contributed by atoms with van der Waals surface area (Å²) in [5, 5.41) is 0. The van der Waals surface area contributed by atoms with E-state index in [9.17, 15) is 0 Å². The molecule has 0 aromatic carbocycles. The van der Waals surface area contributed by atoms with Gasteiger partial charge in [0.05, 0.1) is 6.20 Å². The van der Waals surface area contributed by atoms with E-state index in [2.05, 4.69) is 25.8 Å². The lowest BCUT2D eigenvalue weighted by Gasteiger charge is -2.14. The molecule has 1 aromatic rings. The zero-order valence-electron chi connectivity index (χ0n) is 8.66. The van der Waals surface area contributed by atoms with Gasteiger partial charge in [0, 0.05) is 6.54 Å². The molecule has 0 spiro atoms. The molecular formula is C11H15BrN2O. The summed E-state index contributed by atoms with van der Waals surface area (Å²) in [5.41, 5.74) is 0. The Morgan fingerprint density at radius 3 is 2.80 bits per heavy atom. The van der Waals surface area contributed by atoms with Crippen molar-refractivity contribution in [1.82, 2.24) is 9.88 Å². The van der Waals surface area contributed by atoms with Gasteiger partial charge >= 0.3 is 0 Å². The van der Waals surface area contributed by atoms with E-state index < -0.39 is 0 Å². The van der Waals surface area contributed by atoms with Gasteiger partial charge in [-0.3, -0.25) is 4.90 Å². The first-order chi connectivity index (χ1) is 7.34. The summed E-state index contributed by atoms with van der Waals surface area (Å²) in [6.45, 7) is 4.23. The first-order valence-electron chi connectivity index (χ1n) is 5.31. The van der Waals surface area contributed by atoms with Gasteiger partial charge in [-0.25, -0.2) is 4.98 Å². The van der Waals surface area contributed by atoms with Gasteiger partial charge in [-0.05, 0) is 54.0 Å². The summed E-state index contributed by atoms with van der Waals surface area (Å²) < 4.78 is 6.44. The van der Waals surface area contributed by atoms with E-state index in [1.165, 1.54) is 25.9 Å². The van der Waals surface area contributed by atoms with Crippen LogP contribution in [0, 0.1) is 0 Å². The maximum atomic E-state index is 5.60. The molecule has 0 saturated carbocycles. The Kier molecular flexibility index (Phi) is 3.97. The van der Waals surface area contributed by atoms with Crippen LogP contribution in [0.15, 0.2) is 22.9 Å². The van der Waals surface area contributed by atoms with Crippen molar-refractivity contribution in [2.24, 2.45) is 0 Å². The molecule has 1 fully saturated rings. The maximum Gasteiger partial charge on any atom is 0.137 e. The standard InChI is InChI=1S/C11H15BrN2O/c12-11-4-3-10(9-13-11)15-8-7-14-5-1-2-6-14/h3-4,9H,1-2,5-8H2. The number of ether oxygens (including phenoxy) is 1. The van der Waals surface area contributed by atoms with Gasteiger partial charge in [0.2, 0.25) is 0 Å². The zero-order chi connectivity index (χ0) is 10.5. The molecule has 0 radical (unpaired) electrons. The van der Waals surface area contributed by atoms with Gasteiger partial charge in [0.25, 0.3) is 0 Å². The average molecular weight is 271 g/mol. The van der Waals surface area contributed by atoms with Crippen molar-refractivity contribution in [3.8, 4) is 5.75 Å². The molecule has 0 aliphatic carbocycles. The van der Waals surface area contributed by atoms with E-state index in [0.717, 1.165) is 23.5 Å². The molecule has 0 amide bonds. The second kappa shape index (κ2) is 5.47. The van der Waals surface area contributed by atoms with Crippen LogP contribution in [-0.4, -0.2) is 36.1 Å². The Hall–Kier alpha value is -0.610. The number of hydrogen-bond donors (Lipinski definition) is 0. The molecule has 1 aromatic heterocycles. The molecule has 0 bridgehead atoms. The lowest BCUT2D eigenvalue weighted by atomic mass is 10.4. The van der Waals surface area contributed by atoms with Crippen molar-refractivity contribution in [3.05, 3.63) is 22.9 Å². The van der Waals surface area contributed by atoms with Gasteiger partial charge < -0.3 is 4.74 Å². The predicted molar refractivity (Wildman–Crippen MR) is 63.1 cm³/mol. The highest BCUT2D eigenvalue weighted by molar-refractivity contribution is 9.10. The Balaban J connectivity index is 1.71. The number of aromatic nitrogens is 1. The highest BCUT2D eigenvalue weighted by atomic mass is 79.9. The van der Waals surface area contributed by atoms with Crippen molar-refractivity contribution in [2.75, 3.05) is 26.2 Å². The lowest BCUT2D eigenvalue weighted by Crippen LogP contribution is -2.25. The summed E-state index contributed by atoms with van der Waals surface area (Å²) >= 11 is 3.29. The Bertz CT molecular complexity index is 296. The highest BCUT2D eigenvalue weighted by Crippen LogP contribution is 2.13. The fourth-order valence-electron chi connectivity index (χ4n) is 1.75. The van der Waals surface area contributed by atoms with Crippen molar-refractivity contribution in [2.45, 2.75) is 12.8 Å². The number of likely N-dealkylation sites (tertiary alicyclic amines) is 1. The summed E-state index contributed by atoms with van der Waals surface area (Å²) in [7, 11) is 0. The molecule has 15 heavy (non-hydrogen) atoms. The van der Waals surface area contributed by atoms with Crippen molar-refractivity contribution in [1.29, 1.82) is 0 Å².